The van der Waals surface area contributed by atoms with Crippen LogP contribution in [-0.4, -0.2) is 23.7 Å². The van der Waals surface area contributed by atoms with Crippen molar-refractivity contribution in [2.75, 3.05) is 11.9 Å². The van der Waals surface area contributed by atoms with Crippen LogP contribution in [0.2, 0.25) is 0 Å². The van der Waals surface area contributed by atoms with Gasteiger partial charge in [-0.1, -0.05) is 6.07 Å². The first-order valence-electron chi connectivity index (χ1n) is 7.09. The summed E-state index contributed by atoms with van der Waals surface area (Å²) in [7, 11) is 0. The maximum absolute atomic E-state index is 12.3. The highest BCUT2D eigenvalue weighted by atomic mass is 32.1. The maximum atomic E-state index is 12.3. The highest BCUT2D eigenvalue weighted by Crippen LogP contribution is 2.38. The van der Waals surface area contributed by atoms with E-state index in [1.54, 1.807) is 11.3 Å². The van der Waals surface area contributed by atoms with Crippen molar-refractivity contribution in [1.82, 2.24) is 5.32 Å². The van der Waals surface area contributed by atoms with E-state index in [9.17, 15) is 4.79 Å². The number of carbonyl (C=O) groups is 1. The second-order valence-electron chi connectivity index (χ2n) is 4.92. The molecule has 0 amide bonds. The lowest BCUT2D eigenvalue weighted by Crippen LogP contribution is -2.30. The zero-order valence-corrected chi connectivity index (χ0v) is 14.5. The maximum Gasteiger partial charge on any atom is 0.341 e. The van der Waals surface area contributed by atoms with Crippen molar-refractivity contribution in [2.24, 2.45) is 0 Å². The molecule has 0 saturated heterocycles. The molecule has 0 unspecified atom stereocenters. The molecule has 2 heterocycles. The monoisotopic (exact) mass is 352 g/mol. The molecule has 7 heteroatoms. The lowest BCUT2D eigenvalue weighted by atomic mass is 10.1. The van der Waals surface area contributed by atoms with Crippen LogP contribution in [0, 0.1) is 0 Å². The van der Waals surface area contributed by atoms with Crippen LogP contribution in [-0.2, 0) is 4.74 Å². The number of anilines is 1. The fraction of sp³-hybridized carbons (Fsp3) is 0.333. The van der Waals surface area contributed by atoms with Gasteiger partial charge in [0.15, 0.2) is 5.11 Å². The SMILES string of the molecule is CCOC(=O)c1c(-c2cccs2)csc1NC(=S)NC1CC1. The molecule has 1 saturated carbocycles. The van der Waals surface area contributed by atoms with Gasteiger partial charge in [-0.05, 0) is 43.4 Å². The third-order valence-electron chi connectivity index (χ3n) is 3.20. The van der Waals surface area contributed by atoms with E-state index in [2.05, 4.69) is 10.6 Å². The van der Waals surface area contributed by atoms with Gasteiger partial charge >= 0.3 is 5.97 Å². The van der Waals surface area contributed by atoms with Crippen molar-refractivity contribution in [3.63, 3.8) is 0 Å². The van der Waals surface area contributed by atoms with Crippen molar-refractivity contribution in [3.05, 3.63) is 28.5 Å². The van der Waals surface area contributed by atoms with Crippen LogP contribution in [0.1, 0.15) is 30.1 Å². The Bertz CT molecular complexity index is 675. The van der Waals surface area contributed by atoms with E-state index in [-0.39, 0.29) is 5.97 Å². The zero-order chi connectivity index (χ0) is 15.5. The van der Waals surface area contributed by atoms with Gasteiger partial charge in [0.05, 0.1) is 6.61 Å². The second kappa shape index (κ2) is 6.76. The fourth-order valence-corrected chi connectivity index (χ4v) is 4.13. The number of rotatable bonds is 5. The molecule has 0 spiro atoms. The first-order chi connectivity index (χ1) is 10.7. The van der Waals surface area contributed by atoms with Crippen LogP contribution < -0.4 is 10.6 Å². The fourth-order valence-electron chi connectivity index (χ4n) is 2.02. The molecule has 0 aromatic carbocycles. The summed E-state index contributed by atoms with van der Waals surface area (Å²) in [6.45, 7) is 2.16. The molecule has 116 valence electrons. The van der Waals surface area contributed by atoms with Gasteiger partial charge in [-0.3, -0.25) is 0 Å². The van der Waals surface area contributed by atoms with Gasteiger partial charge in [-0.25, -0.2) is 4.79 Å². The van der Waals surface area contributed by atoms with Gasteiger partial charge in [0.25, 0.3) is 0 Å². The normalized spacial score (nSPS) is 13.7. The van der Waals surface area contributed by atoms with Crippen LogP contribution >= 0.6 is 34.9 Å². The third kappa shape index (κ3) is 3.48. The summed E-state index contributed by atoms with van der Waals surface area (Å²) in [5, 5.41) is 11.6. The van der Waals surface area contributed by atoms with Crippen LogP contribution in [0.15, 0.2) is 22.9 Å². The molecule has 1 fully saturated rings. The topological polar surface area (TPSA) is 50.4 Å². The van der Waals surface area contributed by atoms with Crippen molar-refractivity contribution in [3.8, 4) is 10.4 Å². The summed E-state index contributed by atoms with van der Waals surface area (Å²) < 4.78 is 5.21. The molecule has 1 aliphatic rings. The smallest absolute Gasteiger partial charge is 0.341 e. The predicted molar refractivity (Wildman–Crippen MR) is 96.0 cm³/mol. The molecule has 0 bridgehead atoms. The molecule has 0 radical (unpaired) electrons. The van der Waals surface area contributed by atoms with E-state index in [1.165, 1.54) is 11.3 Å². The third-order valence-corrected chi connectivity index (χ3v) is 5.22. The first kappa shape index (κ1) is 15.5. The van der Waals surface area contributed by atoms with Gasteiger partial charge in [0, 0.05) is 21.9 Å². The Hall–Kier alpha value is -1.44. The van der Waals surface area contributed by atoms with Crippen LogP contribution in [0.3, 0.4) is 0 Å². The largest absolute Gasteiger partial charge is 0.462 e. The van der Waals surface area contributed by atoms with E-state index in [0.29, 0.717) is 23.3 Å². The predicted octanol–water partition coefficient (Wildman–Crippen LogP) is 4.10. The van der Waals surface area contributed by atoms with E-state index in [4.69, 9.17) is 17.0 Å². The summed E-state index contributed by atoms with van der Waals surface area (Å²) in [6, 6.07) is 4.45. The Morgan fingerprint density at radius 1 is 1.45 bits per heavy atom. The molecule has 0 aliphatic heterocycles. The molecular formula is C15H16N2O2S3. The lowest BCUT2D eigenvalue weighted by molar-refractivity contribution is 0.0529. The Morgan fingerprint density at radius 2 is 2.27 bits per heavy atom. The first-order valence-corrected chi connectivity index (χ1v) is 9.25. The van der Waals surface area contributed by atoms with Crippen LogP contribution in [0.5, 0.6) is 0 Å². The molecule has 1 aliphatic carbocycles. The van der Waals surface area contributed by atoms with Gasteiger partial charge in [0.1, 0.15) is 10.6 Å². The molecule has 2 aromatic rings. The number of hydrogen-bond acceptors (Lipinski definition) is 5. The summed E-state index contributed by atoms with van der Waals surface area (Å²) in [5.74, 6) is -0.316. The van der Waals surface area contributed by atoms with Gasteiger partial charge in [-0.15, -0.1) is 22.7 Å². The van der Waals surface area contributed by atoms with Crippen molar-refractivity contribution < 1.29 is 9.53 Å². The van der Waals surface area contributed by atoms with Crippen molar-refractivity contribution in [1.29, 1.82) is 0 Å². The molecule has 22 heavy (non-hydrogen) atoms. The Kier molecular flexibility index (Phi) is 4.75. The van der Waals surface area contributed by atoms with Crippen molar-refractivity contribution >= 4 is 51.0 Å². The molecule has 2 N–H and O–H groups in total. The number of hydrogen-bond donors (Lipinski definition) is 2. The average Bonchev–Trinajstić information content (AvgIpc) is 3.00. The van der Waals surface area contributed by atoms with Gasteiger partial charge in [0.2, 0.25) is 0 Å². The minimum atomic E-state index is -0.316. The summed E-state index contributed by atoms with van der Waals surface area (Å²) in [6.07, 6.45) is 2.30. The van der Waals surface area contributed by atoms with Crippen LogP contribution in [0.25, 0.3) is 10.4 Å². The summed E-state index contributed by atoms with van der Waals surface area (Å²) >= 11 is 8.38. The molecular weight excluding hydrogens is 336 g/mol. The standard InChI is InChI=1S/C15H16N2O2S3/c1-2-19-14(18)12-10(11-4-3-7-21-11)8-22-13(12)17-15(20)16-9-5-6-9/h3-4,7-9H,2,5-6H2,1H3,(H2,16,17,20). The number of carbonyl (C=O) groups excluding carboxylic acids is 1. The number of thiophene rings is 2. The number of thiocarbonyl (C=S) groups is 1. The Balaban J connectivity index is 1.88. The number of nitrogens with one attached hydrogen (secondary N) is 2. The highest BCUT2D eigenvalue weighted by molar-refractivity contribution is 7.80. The molecule has 4 nitrogen and oxygen atoms in total. The van der Waals surface area contributed by atoms with E-state index in [1.807, 2.05) is 29.8 Å². The minimum absolute atomic E-state index is 0.316. The molecule has 3 rings (SSSR count). The Morgan fingerprint density at radius 3 is 2.91 bits per heavy atom. The quantitative estimate of drug-likeness (QED) is 0.627. The minimum Gasteiger partial charge on any atom is -0.462 e. The van der Waals surface area contributed by atoms with Crippen LogP contribution in [0.4, 0.5) is 5.00 Å². The molecule has 0 atom stereocenters. The van der Waals surface area contributed by atoms with Crippen molar-refractivity contribution in [2.45, 2.75) is 25.8 Å². The second-order valence-corrected chi connectivity index (χ2v) is 7.16. The van der Waals surface area contributed by atoms with Gasteiger partial charge in [-0.2, -0.15) is 0 Å². The lowest BCUT2D eigenvalue weighted by Gasteiger charge is -2.10. The van der Waals surface area contributed by atoms with E-state index in [0.717, 1.165) is 28.3 Å². The average molecular weight is 353 g/mol. The highest BCUT2D eigenvalue weighted by Gasteiger charge is 2.25. The summed E-state index contributed by atoms with van der Waals surface area (Å²) in [5.41, 5.74) is 1.46. The van der Waals surface area contributed by atoms with Gasteiger partial charge < -0.3 is 15.4 Å². The summed E-state index contributed by atoms with van der Waals surface area (Å²) in [4.78, 5) is 13.4. The number of esters is 1. The number of ether oxygens (including phenoxy) is 1. The zero-order valence-electron chi connectivity index (χ0n) is 12.0. The van der Waals surface area contributed by atoms with E-state index < -0.39 is 0 Å². The van der Waals surface area contributed by atoms with E-state index >= 15 is 0 Å². The Labute approximate surface area is 142 Å². The molecule has 2 aromatic heterocycles.